The molecule has 0 N–H and O–H groups in total. The standard InChI is InChI=1S/C17H14NOP/c19-15-8-10-18(11-9-15)14-5-3-4-13(12-14)16-6-1-2-7-17(16)20/h1-12H,20H2. The molecule has 1 atom stereocenters. The molecule has 0 aliphatic heterocycles. The number of benzene rings is 2. The van der Waals surface area contributed by atoms with Crippen LogP contribution in [0.2, 0.25) is 0 Å². The van der Waals surface area contributed by atoms with E-state index in [1.54, 1.807) is 24.5 Å². The number of nitrogens with zero attached hydrogens (tertiary/aromatic N) is 1. The molecule has 3 heteroatoms. The van der Waals surface area contributed by atoms with E-state index < -0.39 is 0 Å². The lowest BCUT2D eigenvalue weighted by atomic mass is 10.1. The molecule has 1 unspecified atom stereocenters. The van der Waals surface area contributed by atoms with Gasteiger partial charge in [0.1, 0.15) is 0 Å². The molecule has 2 aromatic carbocycles. The summed E-state index contributed by atoms with van der Waals surface area (Å²) in [6.07, 6.45) is 3.57. The van der Waals surface area contributed by atoms with Crippen LogP contribution in [0, 0.1) is 0 Å². The lowest BCUT2D eigenvalue weighted by Crippen LogP contribution is -2.02. The topological polar surface area (TPSA) is 22.0 Å². The maximum atomic E-state index is 11.2. The third-order valence-electron chi connectivity index (χ3n) is 3.21. The van der Waals surface area contributed by atoms with Crippen molar-refractivity contribution in [1.82, 2.24) is 4.57 Å². The summed E-state index contributed by atoms with van der Waals surface area (Å²) >= 11 is 0. The highest BCUT2D eigenvalue weighted by Crippen LogP contribution is 2.21. The number of hydrogen-bond donors (Lipinski definition) is 0. The largest absolute Gasteiger partial charge is 0.324 e. The van der Waals surface area contributed by atoms with Crippen LogP contribution in [0.5, 0.6) is 0 Å². The Balaban J connectivity index is 2.08. The van der Waals surface area contributed by atoms with Gasteiger partial charge in [-0.15, -0.1) is 9.24 Å². The molecule has 20 heavy (non-hydrogen) atoms. The van der Waals surface area contributed by atoms with Crippen LogP contribution in [0.4, 0.5) is 0 Å². The minimum atomic E-state index is 0.0210. The summed E-state index contributed by atoms with van der Waals surface area (Å²) < 4.78 is 1.94. The van der Waals surface area contributed by atoms with Gasteiger partial charge in [-0.25, -0.2) is 0 Å². The first-order chi connectivity index (χ1) is 9.74. The van der Waals surface area contributed by atoms with E-state index in [1.807, 2.05) is 28.8 Å². The highest BCUT2D eigenvalue weighted by Gasteiger charge is 2.02. The summed E-state index contributed by atoms with van der Waals surface area (Å²) in [7, 11) is 2.76. The second kappa shape index (κ2) is 5.44. The molecule has 3 aromatic rings. The van der Waals surface area contributed by atoms with Crippen LogP contribution in [0.3, 0.4) is 0 Å². The molecule has 0 saturated heterocycles. The zero-order valence-corrected chi connectivity index (χ0v) is 12.0. The monoisotopic (exact) mass is 279 g/mol. The molecule has 0 fully saturated rings. The third-order valence-corrected chi connectivity index (χ3v) is 3.72. The first-order valence-electron chi connectivity index (χ1n) is 6.38. The van der Waals surface area contributed by atoms with E-state index in [1.165, 1.54) is 10.9 Å². The van der Waals surface area contributed by atoms with Crippen LogP contribution >= 0.6 is 9.24 Å². The molecule has 3 rings (SSSR count). The van der Waals surface area contributed by atoms with Gasteiger partial charge >= 0.3 is 0 Å². The van der Waals surface area contributed by atoms with Gasteiger partial charge in [-0.1, -0.05) is 36.4 Å². The van der Waals surface area contributed by atoms with Crippen LogP contribution in [-0.4, -0.2) is 4.57 Å². The van der Waals surface area contributed by atoms with E-state index >= 15 is 0 Å². The van der Waals surface area contributed by atoms with Gasteiger partial charge in [-0.3, -0.25) is 4.79 Å². The van der Waals surface area contributed by atoms with Gasteiger partial charge < -0.3 is 4.57 Å². The van der Waals surface area contributed by atoms with E-state index in [2.05, 4.69) is 33.5 Å². The van der Waals surface area contributed by atoms with Crippen molar-refractivity contribution in [3.8, 4) is 16.8 Å². The molecule has 0 aliphatic carbocycles. The third kappa shape index (κ3) is 2.56. The zero-order chi connectivity index (χ0) is 13.9. The first-order valence-corrected chi connectivity index (χ1v) is 6.95. The molecular formula is C17H14NOP. The summed E-state index contributed by atoms with van der Waals surface area (Å²) in [5, 5.41) is 1.17. The number of rotatable bonds is 2. The Bertz CT molecular complexity index is 787. The lowest BCUT2D eigenvalue weighted by Gasteiger charge is -2.10. The molecule has 98 valence electrons. The van der Waals surface area contributed by atoms with E-state index in [9.17, 15) is 4.79 Å². The molecule has 1 aromatic heterocycles. The maximum Gasteiger partial charge on any atom is 0.181 e. The highest BCUT2D eigenvalue weighted by atomic mass is 31.0. The van der Waals surface area contributed by atoms with Crippen LogP contribution in [0.25, 0.3) is 16.8 Å². The van der Waals surface area contributed by atoms with Gasteiger partial charge in [0, 0.05) is 30.2 Å². The second-order valence-electron chi connectivity index (χ2n) is 4.58. The van der Waals surface area contributed by atoms with Crippen molar-refractivity contribution in [2.24, 2.45) is 0 Å². The molecule has 0 spiro atoms. The molecule has 0 radical (unpaired) electrons. The fourth-order valence-corrected chi connectivity index (χ4v) is 2.55. The minimum absolute atomic E-state index is 0.0210. The number of hydrogen-bond acceptors (Lipinski definition) is 1. The van der Waals surface area contributed by atoms with E-state index in [-0.39, 0.29) is 5.43 Å². The minimum Gasteiger partial charge on any atom is -0.324 e. The Morgan fingerprint density at radius 3 is 2.35 bits per heavy atom. The Morgan fingerprint density at radius 1 is 0.850 bits per heavy atom. The van der Waals surface area contributed by atoms with Gasteiger partial charge in [0.2, 0.25) is 0 Å². The molecule has 0 saturated carbocycles. The fraction of sp³-hybridized carbons (Fsp3) is 0. The lowest BCUT2D eigenvalue weighted by molar-refractivity contribution is 1.04. The van der Waals surface area contributed by atoms with Crippen molar-refractivity contribution in [1.29, 1.82) is 0 Å². The van der Waals surface area contributed by atoms with Gasteiger partial charge in [0.05, 0.1) is 0 Å². The normalized spacial score (nSPS) is 10.4. The van der Waals surface area contributed by atoms with Crippen molar-refractivity contribution in [3.63, 3.8) is 0 Å². The predicted molar refractivity (Wildman–Crippen MR) is 86.8 cm³/mol. The van der Waals surface area contributed by atoms with E-state index in [0.29, 0.717) is 0 Å². The molecule has 0 aliphatic rings. The quantitative estimate of drug-likeness (QED) is 0.661. The maximum absolute atomic E-state index is 11.2. The fourth-order valence-electron chi connectivity index (χ4n) is 2.18. The highest BCUT2D eigenvalue weighted by molar-refractivity contribution is 7.28. The molecule has 0 bridgehead atoms. The molecule has 2 nitrogen and oxygen atoms in total. The molecule has 0 amide bonds. The summed E-state index contributed by atoms with van der Waals surface area (Å²) in [4.78, 5) is 11.2. The van der Waals surface area contributed by atoms with Gasteiger partial charge in [0.25, 0.3) is 0 Å². The summed E-state index contributed by atoms with van der Waals surface area (Å²) in [5.41, 5.74) is 3.41. The van der Waals surface area contributed by atoms with Gasteiger partial charge in [-0.2, -0.15) is 0 Å². The zero-order valence-electron chi connectivity index (χ0n) is 10.9. The number of pyridine rings is 1. The molecular weight excluding hydrogens is 265 g/mol. The van der Waals surface area contributed by atoms with Crippen LogP contribution in [0.15, 0.2) is 77.9 Å². The average Bonchev–Trinajstić information content (AvgIpc) is 2.49. The SMILES string of the molecule is O=c1ccn(-c2cccc(-c3ccccc3P)c2)cc1. The smallest absolute Gasteiger partial charge is 0.181 e. The Kier molecular flexibility index (Phi) is 3.49. The summed E-state index contributed by atoms with van der Waals surface area (Å²) in [6, 6.07) is 19.6. The van der Waals surface area contributed by atoms with Crippen molar-refractivity contribution in [2.75, 3.05) is 0 Å². The Labute approximate surface area is 119 Å². The van der Waals surface area contributed by atoms with Crippen molar-refractivity contribution in [2.45, 2.75) is 0 Å². The van der Waals surface area contributed by atoms with E-state index in [0.717, 1.165) is 11.3 Å². The summed E-state index contributed by atoms with van der Waals surface area (Å²) in [6.45, 7) is 0. The summed E-state index contributed by atoms with van der Waals surface area (Å²) in [5.74, 6) is 0. The Morgan fingerprint density at radius 2 is 1.60 bits per heavy atom. The van der Waals surface area contributed by atoms with Crippen molar-refractivity contribution in [3.05, 3.63) is 83.3 Å². The Hall–Kier alpha value is -2.18. The number of aromatic nitrogens is 1. The second-order valence-corrected chi connectivity index (χ2v) is 5.20. The predicted octanol–water partition coefficient (Wildman–Crippen LogP) is 3.00. The van der Waals surface area contributed by atoms with Gasteiger partial charge in [0.15, 0.2) is 5.43 Å². The van der Waals surface area contributed by atoms with Crippen LogP contribution in [-0.2, 0) is 0 Å². The van der Waals surface area contributed by atoms with Gasteiger partial charge in [-0.05, 0) is 28.6 Å². The van der Waals surface area contributed by atoms with Crippen LogP contribution in [0.1, 0.15) is 0 Å². The molecule has 1 heterocycles. The van der Waals surface area contributed by atoms with Crippen LogP contribution < -0.4 is 10.7 Å². The van der Waals surface area contributed by atoms with Crippen molar-refractivity contribution < 1.29 is 0 Å². The average molecular weight is 279 g/mol. The van der Waals surface area contributed by atoms with Crippen molar-refractivity contribution >= 4 is 14.5 Å². The first kappa shape index (κ1) is 12.8. The van der Waals surface area contributed by atoms with E-state index in [4.69, 9.17) is 0 Å².